The minimum absolute atomic E-state index is 0.0728. The Morgan fingerprint density at radius 1 is 0.707 bits per heavy atom. The smallest absolute Gasteiger partial charge is 0.343 e. The molecule has 0 bridgehead atoms. The molecule has 7 heteroatoms. The molecule has 0 saturated carbocycles. The molecule has 0 radical (unpaired) electrons. The second-order valence-corrected chi connectivity index (χ2v) is 10.5. The maximum absolute atomic E-state index is 12.5. The van der Waals surface area contributed by atoms with Gasteiger partial charge in [0.2, 0.25) is 5.91 Å². The van der Waals surface area contributed by atoms with Crippen molar-refractivity contribution >= 4 is 18.1 Å². The van der Waals surface area contributed by atoms with Gasteiger partial charge in [-0.2, -0.15) is 5.10 Å². The molecule has 1 amide bonds. The molecule has 2 aromatic carbocycles. The predicted octanol–water partition coefficient (Wildman–Crippen LogP) is 8.63. The van der Waals surface area contributed by atoms with E-state index >= 15 is 0 Å². The number of unbranched alkanes of at least 4 members (excludes halogenated alkanes) is 14. The summed E-state index contributed by atoms with van der Waals surface area (Å²) in [6, 6.07) is 11.7. The molecule has 0 fully saturated rings. The topological polar surface area (TPSA) is 86.2 Å². The average molecular weight is 567 g/mol. The molecular weight excluding hydrogens is 516 g/mol. The normalized spacial score (nSPS) is 11.0. The molecule has 0 atom stereocenters. The van der Waals surface area contributed by atoms with Crippen molar-refractivity contribution in [1.82, 2.24) is 5.43 Å². The fourth-order valence-corrected chi connectivity index (χ4v) is 4.64. The number of nitrogens with one attached hydrogen (secondary N) is 1. The van der Waals surface area contributed by atoms with Gasteiger partial charge in [0.05, 0.1) is 26.0 Å². The van der Waals surface area contributed by atoms with Gasteiger partial charge in [0, 0.05) is 6.42 Å². The molecule has 0 saturated heterocycles. The van der Waals surface area contributed by atoms with Crippen molar-refractivity contribution in [3.8, 4) is 17.2 Å². The van der Waals surface area contributed by atoms with Gasteiger partial charge in [-0.05, 0) is 54.4 Å². The number of ether oxygens (including phenoxy) is 3. The molecule has 0 unspecified atom stereocenters. The number of hydrogen-bond acceptors (Lipinski definition) is 6. The zero-order chi connectivity index (χ0) is 29.5. The summed E-state index contributed by atoms with van der Waals surface area (Å²) >= 11 is 0. The van der Waals surface area contributed by atoms with Gasteiger partial charge in [-0.3, -0.25) is 4.79 Å². The molecule has 1 N–H and O–H groups in total. The largest absolute Gasteiger partial charge is 0.493 e. The first-order valence-corrected chi connectivity index (χ1v) is 15.4. The number of rotatable bonds is 22. The summed E-state index contributed by atoms with van der Waals surface area (Å²) in [5.74, 6) is 0.818. The number of nitrogens with zero attached hydrogens (tertiary/aromatic N) is 1. The van der Waals surface area contributed by atoms with Crippen molar-refractivity contribution in [3.05, 3.63) is 53.6 Å². The second kappa shape index (κ2) is 21.4. The third-order valence-corrected chi connectivity index (χ3v) is 7.12. The van der Waals surface area contributed by atoms with Crippen LogP contribution < -0.4 is 19.6 Å². The lowest BCUT2D eigenvalue weighted by Crippen LogP contribution is -2.16. The van der Waals surface area contributed by atoms with E-state index in [4.69, 9.17) is 14.2 Å². The Bertz CT molecular complexity index is 1040. The van der Waals surface area contributed by atoms with Crippen LogP contribution in [-0.4, -0.2) is 32.3 Å². The molecule has 0 aliphatic heterocycles. The maximum atomic E-state index is 12.5. The highest BCUT2D eigenvalue weighted by Gasteiger charge is 2.13. The summed E-state index contributed by atoms with van der Waals surface area (Å²) in [4.78, 5) is 24.5. The number of hydrazone groups is 1. The highest BCUT2D eigenvalue weighted by Crippen LogP contribution is 2.28. The van der Waals surface area contributed by atoms with E-state index in [1.165, 1.54) is 97.7 Å². The lowest BCUT2D eigenvalue weighted by Gasteiger charge is -2.09. The van der Waals surface area contributed by atoms with E-state index in [9.17, 15) is 9.59 Å². The standard InChI is InChI=1S/C34H50N2O5/c1-4-5-6-7-8-9-10-11-12-13-14-15-16-17-18-19-33(37)36-35-27-28-20-23-30(24-21-28)41-34(38)29-22-25-31(39-2)32(26-29)40-3/h20-27H,4-19H2,1-3H3,(H,36,37). The van der Waals surface area contributed by atoms with E-state index in [-0.39, 0.29) is 5.91 Å². The van der Waals surface area contributed by atoms with Crippen LogP contribution in [0.25, 0.3) is 0 Å². The number of esters is 1. The van der Waals surface area contributed by atoms with Crippen molar-refractivity contribution < 1.29 is 23.8 Å². The minimum atomic E-state index is -0.501. The van der Waals surface area contributed by atoms with Crippen molar-refractivity contribution in [1.29, 1.82) is 0 Å². The van der Waals surface area contributed by atoms with E-state index in [1.54, 1.807) is 48.7 Å². The Balaban J connectivity index is 1.52. The molecule has 0 aliphatic rings. The third kappa shape index (κ3) is 14.7. The molecule has 0 spiro atoms. The van der Waals surface area contributed by atoms with E-state index in [1.807, 2.05) is 0 Å². The van der Waals surface area contributed by atoms with Crippen molar-refractivity contribution in [2.75, 3.05) is 14.2 Å². The Kier molecular flexibility index (Phi) is 17.7. The predicted molar refractivity (Wildman–Crippen MR) is 166 cm³/mol. The van der Waals surface area contributed by atoms with Gasteiger partial charge in [-0.25, -0.2) is 10.2 Å². The molecular formula is C34H50N2O5. The zero-order valence-electron chi connectivity index (χ0n) is 25.4. The monoisotopic (exact) mass is 566 g/mol. The molecule has 2 rings (SSSR count). The minimum Gasteiger partial charge on any atom is -0.493 e. The first kappa shape index (κ1) is 33.9. The van der Waals surface area contributed by atoms with Gasteiger partial charge in [0.15, 0.2) is 11.5 Å². The van der Waals surface area contributed by atoms with E-state index in [2.05, 4.69) is 17.5 Å². The fourth-order valence-electron chi connectivity index (χ4n) is 4.64. The van der Waals surface area contributed by atoms with Crippen LogP contribution in [0, 0.1) is 0 Å². The molecule has 0 aromatic heterocycles. The first-order valence-electron chi connectivity index (χ1n) is 15.4. The number of carbonyl (C=O) groups excluding carboxylic acids is 2. The number of hydrogen-bond donors (Lipinski definition) is 1. The third-order valence-electron chi connectivity index (χ3n) is 7.12. The van der Waals surface area contributed by atoms with E-state index in [0.29, 0.717) is 29.2 Å². The number of methoxy groups -OCH3 is 2. The fraction of sp³-hybridized carbons (Fsp3) is 0.559. The van der Waals surface area contributed by atoms with Crippen LogP contribution in [0.1, 0.15) is 126 Å². The summed E-state index contributed by atoms with van der Waals surface area (Å²) in [7, 11) is 3.05. The van der Waals surface area contributed by atoms with E-state index in [0.717, 1.165) is 18.4 Å². The molecule has 0 aliphatic carbocycles. The van der Waals surface area contributed by atoms with Crippen LogP contribution in [0.2, 0.25) is 0 Å². The maximum Gasteiger partial charge on any atom is 0.343 e. The highest BCUT2D eigenvalue weighted by molar-refractivity contribution is 5.92. The van der Waals surface area contributed by atoms with Crippen LogP contribution in [0.5, 0.6) is 17.2 Å². The van der Waals surface area contributed by atoms with Crippen molar-refractivity contribution in [3.63, 3.8) is 0 Å². The SMILES string of the molecule is CCCCCCCCCCCCCCCCCC(=O)NN=Cc1ccc(OC(=O)c2ccc(OC)c(OC)c2)cc1. The van der Waals surface area contributed by atoms with Gasteiger partial charge in [0.1, 0.15) is 5.75 Å². The highest BCUT2D eigenvalue weighted by atomic mass is 16.5. The second-order valence-electron chi connectivity index (χ2n) is 10.5. The number of amides is 1. The van der Waals surface area contributed by atoms with Crippen molar-refractivity contribution in [2.45, 2.75) is 110 Å². The van der Waals surface area contributed by atoms with Gasteiger partial charge < -0.3 is 14.2 Å². The van der Waals surface area contributed by atoms with Crippen LogP contribution in [0.4, 0.5) is 0 Å². The molecule has 0 heterocycles. The Morgan fingerprint density at radius 2 is 1.24 bits per heavy atom. The Labute approximate surface area is 247 Å². The van der Waals surface area contributed by atoms with Crippen LogP contribution >= 0.6 is 0 Å². The van der Waals surface area contributed by atoms with Crippen LogP contribution in [-0.2, 0) is 4.79 Å². The summed E-state index contributed by atoms with van der Waals surface area (Å²) in [5.41, 5.74) is 3.72. The van der Waals surface area contributed by atoms with Gasteiger partial charge in [-0.15, -0.1) is 0 Å². The van der Waals surface area contributed by atoms with Gasteiger partial charge in [-0.1, -0.05) is 96.8 Å². The Morgan fingerprint density at radius 3 is 1.78 bits per heavy atom. The zero-order valence-corrected chi connectivity index (χ0v) is 25.4. The van der Waals surface area contributed by atoms with Gasteiger partial charge in [0.25, 0.3) is 0 Å². The number of carbonyl (C=O) groups is 2. The van der Waals surface area contributed by atoms with E-state index < -0.39 is 5.97 Å². The summed E-state index contributed by atoms with van der Waals surface area (Å²) in [6.07, 6.45) is 21.6. The lowest BCUT2D eigenvalue weighted by molar-refractivity contribution is -0.121. The van der Waals surface area contributed by atoms with Crippen molar-refractivity contribution in [2.24, 2.45) is 5.10 Å². The summed E-state index contributed by atoms with van der Waals surface area (Å²) in [5, 5.41) is 4.05. The molecule has 41 heavy (non-hydrogen) atoms. The molecule has 7 nitrogen and oxygen atoms in total. The molecule has 2 aromatic rings. The Hall–Kier alpha value is -3.35. The van der Waals surface area contributed by atoms with Gasteiger partial charge >= 0.3 is 5.97 Å². The van der Waals surface area contributed by atoms with Crippen LogP contribution in [0.3, 0.4) is 0 Å². The average Bonchev–Trinajstić information content (AvgIpc) is 2.99. The number of benzene rings is 2. The van der Waals surface area contributed by atoms with Crippen LogP contribution in [0.15, 0.2) is 47.6 Å². The molecule has 226 valence electrons. The summed E-state index contributed by atoms with van der Waals surface area (Å²) in [6.45, 7) is 2.27. The lowest BCUT2D eigenvalue weighted by atomic mass is 10.0. The quantitative estimate of drug-likeness (QED) is 0.0507. The summed E-state index contributed by atoms with van der Waals surface area (Å²) < 4.78 is 15.9. The first-order chi connectivity index (χ1) is 20.1.